The third-order valence-electron chi connectivity index (χ3n) is 3.75. The van der Waals surface area contributed by atoms with E-state index < -0.39 is 0 Å². The van der Waals surface area contributed by atoms with E-state index in [1.165, 1.54) is 4.40 Å². The molecule has 3 heterocycles. The van der Waals surface area contributed by atoms with Crippen molar-refractivity contribution >= 4 is 23.1 Å². The maximum absolute atomic E-state index is 11.6. The molecule has 21 heavy (non-hydrogen) atoms. The lowest BCUT2D eigenvalue weighted by atomic mass is 10.1. The third kappa shape index (κ3) is 2.89. The number of piperidine rings is 1. The molecule has 0 saturated carbocycles. The lowest BCUT2D eigenvalue weighted by molar-refractivity contribution is 0.0471. The van der Waals surface area contributed by atoms with Gasteiger partial charge in [0.1, 0.15) is 11.6 Å². The second kappa shape index (κ2) is 6.03. The van der Waals surface area contributed by atoms with Gasteiger partial charge in [-0.25, -0.2) is 19.3 Å². The van der Waals surface area contributed by atoms with Crippen molar-refractivity contribution in [3.8, 4) is 0 Å². The monoisotopic (exact) mass is 311 g/mol. The van der Waals surface area contributed by atoms with Crippen LogP contribution in [0.5, 0.6) is 0 Å². The summed E-state index contributed by atoms with van der Waals surface area (Å²) in [6.45, 7) is 4.17. The summed E-state index contributed by atoms with van der Waals surface area (Å²) in [6.07, 6.45) is 2.18. The van der Waals surface area contributed by atoms with E-state index in [9.17, 15) is 4.79 Å². The number of fused-ring (bicyclic) bond motifs is 1. The van der Waals surface area contributed by atoms with E-state index in [0.717, 1.165) is 31.7 Å². The average molecular weight is 312 g/mol. The maximum atomic E-state index is 11.6. The molecule has 1 saturated heterocycles. The number of halogens is 1. The molecule has 0 spiro atoms. The van der Waals surface area contributed by atoms with Gasteiger partial charge in [0.15, 0.2) is 5.65 Å². The van der Waals surface area contributed by atoms with Crippen LogP contribution < -0.4 is 10.6 Å². The van der Waals surface area contributed by atoms with E-state index in [1.807, 2.05) is 13.0 Å². The summed E-state index contributed by atoms with van der Waals surface area (Å²) in [5.41, 5.74) is 0.345. The Bertz CT molecular complexity index is 675. The molecule has 0 atom stereocenters. The molecule has 114 valence electrons. The number of hydrogen-bond acceptors (Lipinski definition) is 5. The number of nitrogens with one attached hydrogen (secondary N) is 1. The van der Waals surface area contributed by atoms with E-state index in [2.05, 4.69) is 20.1 Å². The maximum Gasteiger partial charge on any atom is 0.349 e. The predicted octanol–water partition coefficient (Wildman–Crippen LogP) is 0.950. The zero-order valence-electron chi connectivity index (χ0n) is 11.9. The number of aromatic amines is 1. The molecule has 1 fully saturated rings. The van der Waals surface area contributed by atoms with E-state index in [-0.39, 0.29) is 11.8 Å². The number of alkyl halides is 1. The number of ether oxygens (including phenoxy) is 1. The van der Waals surface area contributed by atoms with Crippen molar-refractivity contribution in [2.24, 2.45) is 0 Å². The number of aryl methyl sites for hydroxylation is 1. The highest BCUT2D eigenvalue weighted by molar-refractivity contribution is 6.17. The Morgan fingerprint density at radius 2 is 2.24 bits per heavy atom. The van der Waals surface area contributed by atoms with Gasteiger partial charge in [0.05, 0.1) is 12.7 Å². The van der Waals surface area contributed by atoms with Crippen molar-refractivity contribution in [3.05, 3.63) is 22.4 Å². The van der Waals surface area contributed by atoms with Gasteiger partial charge in [-0.2, -0.15) is 5.10 Å². The zero-order chi connectivity index (χ0) is 14.8. The molecule has 1 aliphatic heterocycles. The summed E-state index contributed by atoms with van der Waals surface area (Å²) < 4.78 is 7.14. The minimum Gasteiger partial charge on any atom is -0.377 e. The molecule has 3 rings (SSSR count). The molecule has 0 radical (unpaired) electrons. The Balaban J connectivity index is 1.75. The van der Waals surface area contributed by atoms with Crippen molar-refractivity contribution in [1.82, 2.24) is 19.6 Å². The Labute approximate surface area is 126 Å². The first-order chi connectivity index (χ1) is 10.2. The summed E-state index contributed by atoms with van der Waals surface area (Å²) in [4.78, 5) is 18.3. The number of H-pyrrole nitrogens is 1. The van der Waals surface area contributed by atoms with Gasteiger partial charge in [-0.15, -0.1) is 11.6 Å². The summed E-state index contributed by atoms with van der Waals surface area (Å²) in [5, 5.41) is 6.45. The fourth-order valence-corrected chi connectivity index (χ4v) is 2.80. The fraction of sp³-hybridized carbons (Fsp3) is 0.615. The van der Waals surface area contributed by atoms with Gasteiger partial charge >= 0.3 is 5.69 Å². The van der Waals surface area contributed by atoms with E-state index in [0.29, 0.717) is 24.0 Å². The van der Waals surface area contributed by atoms with Crippen molar-refractivity contribution in [1.29, 1.82) is 0 Å². The Morgan fingerprint density at radius 3 is 2.95 bits per heavy atom. The molecule has 7 nitrogen and oxygen atoms in total. The topological polar surface area (TPSA) is 75.5 Å². The highest BCUT2D eigenvalue weighted by atomic mass is 35.5. The van der Waals surface area contributed by atoms with Gasteiger partial charge in [-0.1, -0.05) is 0 Å². The number of anilines is 1. The highest BCUT2D eigenvalue weighted by Gasteiger charge is 2.21. The lowest BCUT2D eigenvalue weighted by Gasteiger charge is -2.32. The van der Waals surface area contributed by atoms with Crippen LogP contribution in [0.3, 0.4) is 0 Å². The van der Waals surface area contributed by atoms with Crippen LogP contribution in [-0.4, -0.2) is 51.3 Å². The van der Waals surface area contributed by atoms with Crippen LogP contribution in [-0.2, 0) is 4.74 Å². The molecule has 0 aliphatic carbocycles. The van der Waals surface area contributed by atoms with E-state index in [1.54, 1.807) is 0 Å². The van der Waals surface area contributed by atoms with Gasteiger partial charge < -0.3 is 9.64 Å². The van der Waals surface area contributed by atoms with Crippen molar-refractivity contribution in [2.75, 3.05) is 30.5 Å². The normalized spacial score (nSPS) is 16.8. The molecule has 2 aromatic heterocycles. The third-order valence-corrected chi connectivity index (χ3v) is 3.91. The van der Waals surface area contributed by atoms with Gasteiger partial charge in [0.2, 0.25) is 0 Å². The standard InChI is InChI=1S/C13H18ClN5O2/c1-9-15-11(8-12-16-17-13(20)19(9)12)18-5-2-10(3-6-18)21-7-4-14/h8,10H,2-7H2,1H3,(H,17,20). The Hall–Kier alpha value is -1.60. The van der Waals surface area contributed by atoms with Crippen LogP contribution in [0.25, 0.3) is 5.65 Å². The lowest BCUT2D eigenvalue weighted by Crippen LogP contribution is -2.38. The molecule has 1 N–H and O–H groups in total. The molecule has 8 heteroatoms. The second-order valence-electron chi connectivity index (χ2n) is 5.13. The van der Waals surface area contributed by atoms with Gasteiger partial charge in [0, 0.05) is 25.0 Å². The number of hydrogen-bond donors (Lipinski definition) is 1. The average Bonchev–Trinajstić information content (AvgIpc) is 2.87. The van der Waals surface area contributed by atoms with Crippen LogP contribution in [0.1, 0.15) is 18.7 Å². The van der Waals surface area contributed by atoms with E-state index in [4.69, 9.17) is 16.3 Å². The first-order valence-electron chi connectivity index (χ1n) is 7.06. The molecular weight excluding hydrogens is 294 g/mol. The first-order valence-corrected chi connectivity index (χ1v) is 7.60. The first kappa shape index (κ1) is 14.3. The van der Waals surface area contributed by atoms with Crippen LogP contribution in [0.15, 0.2) is 10.9 Å². The number of aromatic nitrogens is 4. The molecular formula is C13H18ClN5O2. The van der Waals surface area contributed by atoms with Gasteiger partial charge in [-0.05, 0) is 19.8 Å². The van der Waals surface area contributed by atoms with Crippen molar-refractivity contribution in [3.63, 3.8) is 0 Å². The SMILES string of the molecule is Cc1nc(N2CCC(OCCCl)CC2)cc2n[nH]c(=O)n12. The summed E-state index contributed by atoms with van der Waals surface area (Å²) >= 11 is 5.64. The van der Waals surface area contributed by atoms with Gasteiger partial charge in [-0.3, -0.25) is 0 Å². The molecule has 0 amide bonds. The van der Waals surface area contributed by atoms with Crippen LogP contribution >= 0.6 is 11.6 Å². The Kier molecular flexibility index (Phi) is 4.12. The molecule has 0 bridgehead atoms. The minimum absolute atomic E-state index is 0.255. The fourth-order valence-electron chi connectivity index (χ4n) is 2.71. The van der Waals surface area contributed by atoms with Crippen LogP contribution in [0, 0.1) is 6.92 Å². The largest absolute Gasteiger partial charge is 0.377 e. The summed E-state index contributed by atoms with van der Waals surface area (Å²) in [7, 11) is 0. The smallest absolute Gasteiger partial charge is 0.349 e. The summed E-state index contributed by atoms with van der Waals surface area (Å²) in [6, 6.07) is 1.84. The summed E-state index contributed by atoms with van der Waals surface area (Å²) in [5.74, 6) is 2.03. The quantitative estimate of drug-likeness (QED) is 0.851. The number of rotatable bonds is 4. The zero-order valence-corrected chi connectivity index (χ0v) is 12.6. The van der Waals surface area contributed by atoms with E-state index >= 15 is 0 Å². The van der Waals surface area contributed by atoms with Crippen molar-refractivity contribution < 1.29 is 4.74 Å². The van der Waals surface area contributed by atoms with Crippen LogP contribution in [0.2, 0.25) is 0 Å². The van der Waals surface area contributed by atoms with Crippen molar-refractivity contribution in [2.45, 2.75) is 25.9 Å². The molecule has 0 aromatic carbocycles. The Morgan fingerprint density at radius 1 is 1.48 bits per heavy atom. The second-order valence-corrected chi connectivity index (χ2v) is 5.51. The number of nitrogens with zero attached hydrogens (tertiary/aromatic N) is 4. The minimum atomic E-state index is -0.255. The van der Waals surface area contributed by atoms with Gasteiger partial charge in [0.25, 0.3) is 0 Å². The van der Waals surface area contributed by atoms with Crippen LogP contribution in [0.4, 0.5) is 5.82 Å². The molecule has 1 aliphatic rings. The highest BCUT2D eigenvalue weighted by Crippen LogP contribution is 2.20. The molecule has 2 aromatic rings. The molecule has 0 unspecified atom stereocenters. The predicted molar refractivity (Wildman–Crippen MR) is 80.3 cm³/mol.